The maximum atomic E-state index is 13.2. The lowest BCUT2D eigenvalue weighted by atomic mass is 9.84. The molecule has 43 heavy (non-hydrogen) atoms. The van der Waals surface area contributed by atoms with Gasteiger partial charge in [-0.2, -0.15) is 0 Å². The van der Waals surface area contributed by atoms with Crippen molar-refractivity contribution in [3.05, 3.63) is 42.1 Å². The van der Waals surface area contributed by atoms with E-state index in [1.54, 1.807) is 6.20 Å². The Labute approximate surface area is 256 Å². The number of aromatic nitrogens is 1. The molecule has 0 bridgehead atoms. The summed E-state index contributed by atoms with van der Waals surface area (Å²) >= 11 is 0. The first-order valence-electron chi connectivity index (χ1n) is 15.2. The van der Waals surface area contributed by atoms with Crippen LogP contribution in [0, 0.1) is 5.41 Å². The second-order valence-corrected chi connectivity index (χ2v) is 14.0. The minimum atomic E-state index is -0.624. The lowest BCUT2D eigenvalue weighted by Gasteiger charge is -2.38. The Balaban J connectivity index is 0.000000239. The van der Waals surface area contributed by atoms with Crippen molar-refractivity contribution < 1.29 is 28.5 Å². The average Bonchev–Trinajstić information content (AvgIpc) is 3.08. The number of nitrogens with zero attached hydrogens (tertiary/aromatic N) is 4. The van der Waals surface area contributed by atoms with Crippen molar-refractivity contribution in [2.75, 3.05) is 49.2 Å². The third kappa shape index (κ3) is 8.75. The molecule has 0 radical (unpaired) electrons. The third-order valence-corrected chi connectivity index (χ3v) is 7.18. The van der Waals surface area contributed by atoms with Gasteiger partial charge in [0.1, 0.15) is 23.6 Å². The zero-order valence-corrected chi connectivity index (χ0v) is 27.1. The molecule has 2 saturated heterocycles. The van der Waals surface area contributed by atoms with Gasteiger partial charge < -0.3 is 28.7 Å². The van der Waals surface area contributed by atoms with E-state index in [1.807, 2.05) is 76.8 Å². The number of ether oxygens (including phenoxy) is 4. The van der Waals surface area contributed by atoms with Crippen LogP contribution < -0.4 is 14.5 Å². The van der Waals surface area contributed by atoms with Crippen LogP contribution >= 0.6 is 0 Å². The molecule has 5 rings (SSSR count). The van der Waals surface area contributed by atoms with Crippen molar-refractivity contribution in [1.29, 1.82) is 0 Å². The summed E-state index contributed by atoms with van der Waals surface area (Å²) in [5.74, 6) is 1.17. The molecule has 10 heteroatoms. The van der Waals surface area contributed by atoms with Gasteiger partial charge in [0.25, 0.3) is 0 Å². The lowest BCUT2D eigenvalue weighted by molar-refractivity contribution is 0.00900. The quantitative estimate of drug-likeness (QED) is 0.350. The standard InChI is InChI=1S/C21H25N3O4.C12H23NO2/c1-21(2,3)28-20(25)24-17-6-4-5-7-18(17)27-14-15-16(8-9-22-19(15)24)23-10-12-26-13-11-23;1-11(2,3)15-10(14)13-8-6-7-12(4,5)9-13/h4-9H,10-14H2,1-3H3;6-9H2,1-5H3. The molecule has 0 atom stereocenters. The van der Waals surface area contributed by atoms with Crippen LogP contribution in [-0.2, 0) is 20.8 Å². The number of carbonyl (C=O) groups excluding carboxylic acids is 2. The largest absolute Gasteiger partial charge is 0.486 e. The predicted octanol–water partition coefficient (Wildman–Crippen LogP) is 6.93. The van der Waals surface area contributed by atoms with Crippen LogP contribution in [-0.4, -0.2) is 72.7 Å². The number of anilines is 3. The summed E-state index contributed by atoms with van der Waals surface area (Å²) < 4.78 is 22.6. The van der Waals surface area contributed by atoms with Gasteiger partial charge in [-0.25, -0.2) is 19.5 Å². The first-order valence-corrected chi connectivity index (χ1v) is 15.2. The Morgan fingerprint density at radius 3 is 2.19 bits per heavy atom. The van der Waals surface area contributed by atoms with Crippen LogP contribution in [0.4, 0.5) is 26.8 Å². The lowest BCUT2D eigenvalue weighted by Crippen LogP contribution is -2.45. The zero-order chi connectivity index (χ0) is 31.4. The summed E-state index contributed by atoms with van der Waals surface area (Å²) in [6, 6.07) is 9.43. The molecule has 10 nitrogen and oxygen atoms in total. The van der Waals surface area contributed by atoms with E-state index in [-0.39, 0.29) is 11.5 Å². The van der Waals surface area contributed by atoms with E-state index in [0.717, 1.165) is 43.9 Å². The zero-order valence-electron chi connectivity index (χ0n) is 27.1. The Hall–Kier alpha value is -3.53. The van der Waals surface area contributed by atoms with Gasteiger partial charge in [-0.3, -0.25) is 0 Å². The van der Waals surface area contributed by atoms with Crippen LogP contribution in [0.3, 0.4) is 0 Å². The Morgan fingerprint density at radius 2 is 1.53 bits per heavy atom. The van der Waals surface area contributed by atoms with Crippen LogP contribution in [0.5, 0.6) is 5.75 Å². The number of morpholine rings is 1. The second kappa shape index (κ2) is 13.0. The molecule has 0 saturated carbocycles. The van der Waals surface area contributed by atoms with E-state index in [9.17, 15) is 9.59 Å². The Morgan fingerprint density at radius 1 is 0.884 bits per heavy atom. The van der Waals surface area contributed by atoms with Gasteiger partial charge in [-0.1, -0.05) is 26.0 Å². The second-order valence-electron chi connectivity index (χ2n) is 14.0. The highest BCUT2D eigenvalue weighted by Gasteiger charge is 2.34. The van der Waals surface area contributed by atoms with Crippen molar-refractivity contribution in [1.82, 2.24) is 9.88 Å². The van der Waals surface area contributed by atoms with Crippen LogP contribution in [0.1, 0.15) is 73.8 Å². The van der Waals surface area contributed by atoms with E-state index in [0.29, 0.717) is 37.1 Å². The molecular weight excluding hydrogens is 548 g/mol. The topological polar surface area (TPSA) is 93.7 Å². The molecule has 236 valence electrons. The number of hydrogen-bond donors (Lipinski definition) is 0. The molecule has 0 N–H and O–H groups in total. The normalized spacial score (nSPS) is 18.2. The highest BCUT2D eigenvalue weighted by Crippen LogP contribution is 2.42. The summed E-state index contributed by atoms with van der Waals surface area (Å²) in [5, 5.41) is 0. The van der Waals surface area contributed by atoms with Crippen molar-refractivity contribution in [3.8, 4) is 5.75 Å². The number of carbonyl (C=O) groups is 2. The minimum Gasteiger partial charge on any atom is -0.486 e. The van der Waals surface area contributed by atoms with Crippen molar-refractivity contribution in [2.45, 2.75) is 86.0 Å². The van der Waals surface area contributed by atoms with E-state index < -0.39 is 17.3 Å². The molecule has 0 spiro atoms. The van der Waals surface area contributed by atoms with Gasteiger partial charge in [-0.05, 0) is 78.0 Å². The first-order chi connectivity index (χ1) is 20.1. The summed E-state index contributed by atoms with van der Waals surface area (Å²) in [4.78, 5) is 35.1. The number of pyridine rings is 1. The van der Waals surface area contributed by atoms with Gasteiger partial charge in [0.05, 0.1) is 24.5 Å². The van der Waals surface area contributed by atoms with Crippen molar-refractivity contribution in [2.24, 2.45) is 5.41 Å². The maximum Gasteiger partial charge on any atom is 0.420 e. The summed E-state index contributed by atoms with van der Waals surface area (Å²) in [6.45, 7) is 20.5. The molecule has 3 aliphatic heterocycles. The molecule has 2 aromatic rings. The van der Waals surface area contributed by atoms with Gasteiger partial charge >= 0.3 is 12.2 Å². The third-order valence-electron chi connectivity index (χ3n) is 7.18. The fraction of sp³-hybridized carbons (Fsp3) is 0.606. The monoisotopic (exact) mass is 596 g/mol. The van der Waals surface area contributed by atoms with Crippen LogP contribution in [0.2, 0.25) is 0 Å². The first kappa shape index (κ1) is 32.4. The Bertz CT molecular complexity index is 1280. The highest BCUT2D eigenvalue weighted by molar-refractivity contribution is 5.98. The van der Waals surface area contributed by atoms with Gasteiger partial charge in [0.2, 0.25) is 0 Å². The average molecular weight is 597 g/mol. The molecule has 2 fully saturated rings. The SMILES string of the molecule is CC(C)(C)OC(=O)N1c2ccccc2OCc2c(N3CCOCC3)ccnc21.CC1(C)CCCN(C(=O)OC(C)(C)C)C1. The molecule has 2 amide bonds. The van der Waals surface area contributed by atoms with E-state index >= 15 is 0 Å². The fourth-order valence-corrected chi connectivity index (χ4v) is 5.33. The number of rotatable bonds is 1. The number of amides is 2. The number of likely N-dealkylation sites (tertiary alicyclic amines) is 1. The number of para-hydroxylation sites is 2. The summed E-state index contributed by atoms with van der Waals surface area (Å²) in [5.41, 5.74) is 1.72. The van der Waals surface area contributed by atoms with E-state index in [4.69, 9.17) is 18.9 Å². The molecule has 1 aromatic carbocycles. The smallest absolute Gasteiger partial charge is 0.420 e. The molecule has 1 aromatic heterocycles. The number of hydrogen-bond acceptors (Lipinski definition) is 8. The van der Waals surface area contributed by atoms with E-state index in [1.165, 1.54) is 11.3 Å². The van der Waals surface area contributed by atoms with Crippen molar-refractivity contribution in [3.63, 3.8) is 0 Å². The minimum absolute atomic E-state index is 0.171. The summed E-state index contributed by atoms with van der Waals surface area (Å²) in [7, 11) is 0. The van der Waals surface area contributed by atoms with Gasteiger partial charge in [0, 0.05) is 38.1 Å². The number of fused-ring (bicyclic) bond motifs is 2. The Kier molecular flexibility index (Phi) is 9.79. The molecule has 0 aliphatic carbocycles. The molecular formula is C33H48N4O6. The predicted molar refractivity (Wildman–Crippen MR) is 167 cm³/mol. The summed E-state index contributed by atoms with van der Waals surface area (Å²) in [6.07, 6.45) is 3.35. The van der Waals surface area contributed by atoms with Crippen molar-refractivity contribution >= 4 is 29.4 Å². The highest BCUT2D eigenvalue weighted by atomic mass is 16.6. The fourth-order valence-electron chi connectivity index (χ4n) is 5.33. The van der Waals surface area contributed by atoms with Gasteiger partial charge in [0.15, 0.2) is 5.82 Å². The number of piperidine rings is 1. The number of benzene rings is 1. The molecule has 3 aliphatic rings. The van der Waals surface area contributed by atoms with Gasteiger partial charge in [-0.15, -0.1) is 0 Å². The maximum absolute atomic E-state index is 13.2. The van der Waals surface area contributed by atoms with E-state index in [2.05, 4.69) is 23.7 Å². The van der Waals surface area contributed by atoms with Crippen LogP contribution in [0.15, 0.2) is 36.5 Å². The van der Waals surface area contributed by atoms with Crippen LogP contribution in [0.25, 0.3) is 0 Å². The molecule has 0 unspecified atom stereocenters. The molecule has 4 heterocycles.